The second kappa shape index (κ2) is 6.46. The van der Waals surface area contributed by atoms with Crippen LogP contribution in [0.15, 0.2) is 21.5 Å². The van der Waals surface area contributed by atoms with Crippen LogP contribution in [0.3, 0.4) is 0 Å². The zero-order valence-electron chi connectivity index (χ0n) is 8.79. The van der Waals surface area contributed by atoms with E-state index in [1.165, 1.54) is 11.3 Å². The number of rotatable bonds is 4. The van der Waals surface area contributed by atoms with Gasteiger partial charge in [-0.3, -0.25) is 4.79 Å². The number of hydrogen-bond donors (Lipinski definition) is 1. The summed E-state index contributed by atoms with van der Waals surface area (Å²) in [4.78, 5) is 12.4. The Labute approximate surface area is 107 Å². The van der Waals surface area contributed by atoms with E-state index in [-0.39, 0.29) is 11.5 Å². The zero-order chi connectivity index (χ0) is 12.0. The maximum atomic E-state index is 11.5. The van der Waals surface area contributed by atoms with E-state index >= 15 is 0 Å². The van der Waals surface area contributed by atoms with E-state index < -0.39 is 0 Å². The van der Waals surface area contributed by atoms with Crippen molar-refractivity contribution in [1.82, 2.24) is 5.32 Å². The van der Waals surface area contributed by atoms with Gasteiger partial charge in [-0.2, -0.15) is 5.26 Å². The van der Waals surface area contributed by atoms with Crippen molar-refractivity contribution in [2.45, 2.75) is 13.3 Å². The average molecular weight is 299 g/mol. The average Bonchev–Trinajstić information content (AvgIpc) is 2.68. The first-order chi connectivity index (χ1) is 7.67. The SMILES string of the molecule is CCCNC(=O)C(C#N)=Cc1cc(Br)cs1. The minimum atomic E-state index is -0.311. The molecule has 3 nitrogen and oxygen atoms in total. The number of amides is 1. The van der Waals surface area contributed by atoms with Crippen LogP contribution in [0.25, 0.3) is 6.08 Å². The van der Waals surface area contributed by atoms with Crippen LogP contribution in [0.2, 0.25) is 0 Å². The monoisotopic (exact) mass is 298 g/mol. The third-order valence-corrected chi connectivity index (χ3v) is 3.42. The molecule has 0 aliphatic heterocycles. The maximum absolute atomic E-state index is 11.5. The molecule has 0 bridgehead atoms. The molecule has 0 aliphatic rings. The minimum Gasteiger partial charge on any atom is -0.351 e. The van der Waals surface area contributed by atoms with Crippen LogP contribution in [-0.4, -0.2) is 12.5 Å². The molecule has 0 spiro atoms. The Morgan fingerprint density at radius 3 is 3.00 bits per heavy atom. The quantitative estimate of drug-likeness (QED) is 0.686. The lowest BCUT2D eigenvalue weighted by molar-refractivity contribution is -0.117. The molecule has 1 aromatic heterocycles. The minimum absolute atomic E-state index is 0.141. The van der Waals surface area contributed by atoms with Gasteiger partial charge in [0, 0.05) is 21.3 Å². The molecule has 0 atom stereocenters. The Balaban J connectivity index is 2.78. The Morgan fingerprint density at radius 1 is 1.75 bits per heavy atom. The standard InChI is InChI=1S/C11H11BrN2OS/c1-2-3-14-11(15)8(6-13)4-10-5-9(12)7-16-10/h4-5,7H,2-3H2,1H3,(H,14,15). The van der Waals surface area contributed by atoms with E-state index in [0.717, 1.165) is 15.8 Å². The summed E-state index contributed by atoms with van der Waals surface area (Å²) < 4.78 is 0.954. The highest BCUT2D eigenvalue weighted by Gasteiger charge is 2.08. The number of nitrogens with zero attached hydrogens (tertiary/aromatic N) is 1. The fraction of sp³-hybridized carbons (Fsp3) is 0.273. The third kappa shape index (κ3) is 3.80. The van der Waals surface area contributed by atoms with Gasteiger partial charge in [0.1, 0.15) is 11.6 Å². The van der Waals surface area contributed by atoms with Gasteiger partial charge in [0.25, 0.3) is 5.91 Å². The van der Waals surface area contributed by atoms with Crippen molar-refractivity contribution >= 4 is 39.2 Å². The molecule has 1 amide bonds. The van der Waals surface area contributed by atoms with Crippen LogP contribution in [0.1, 0.15) is 18.2 Å². The first kappa shape index (κ1) is 12.9. The summed E-state index contributed by atoms with van der Waals surface area (Å²) >= 11 is 4.80. The lowest BCUT2D eigenvalue weighted by Crippen LogP contribution is -2.24. The van der Waals surface area contributed by atoms with Gasteiger partial charge in [-0.1, -0.05) is 6.92 Å². The van der Waals surface area contributed by atoms with E-state index in [1.54, 1.807) is 6.08 Å². The van der Waals surface area contributed by atoms with Crippen LogP contribution < -0.4 is 5.32 Å². The predicted octanol–water partition coefficient (Wildman–Crippen LogP) is 2.94. The molecule has 1 rings (SSSR count). The largest absolute Gasteiger partial charge is 0.351 e. The number of carbonyl (C=O) groups is 1. The fourth-order valence-corrected chi connectivity index (χ4v) is 2.40. The number of hydrogen-bond acceptors (Lipinski definition) is 3. The van der Waals surface area contributed by atoms with Crippen LogP contribution in [0.4, 0.5) is 0 Å². The normalized spacial score (nSPS) is 10.9. The van der Waals surface area contributed by atoms with Gasteiger partial charge < -0.3 is 5.32 Å². The highest BCUT2D eigenvalue weighted by atomic mass is 79.9. The maximum Gasteiger partial charge on any atom is 0.261 e. The predicted molar refractivity (Wildman–Crippen MR) is 68.9 cm³/mol. The van der Waals surface area contributed by atoms with E-state index in [4.69, 9.17) is 5.26 Å². The molecule has 16 heavy (non-hydrogen) atoms. The van der Waals surface area contributed by atoms with Crippen LogP contribution in [-0.2, 0) is 4.79 Å². The van der Waals surface area contributed by atoms with Gasteiger partial charge in [-0.05, 0) is 34.5 Å². The molecule has 1 aromatic rings. The van der Waals surface area contributed by atoms with E-state index in [2.05, 4.69) is 21.2 Å². The molecule has 0 radical (unpaired) electrons. The molecule has 0 fully saturated rings. The number of halogens is 1. The first-order valence-corrected chi connectivity index (χ1v) is 6.48. The van der Waals surface area contributed by atoms with E-state index in [1.807, 2.05) is 24.4 Å². The lowest BCUT2D eigenvalue weighted by atomic mass is 10.2. The molecule has 1 N–H and O–H groups in total. The first-order valence-electron chi connectivity index (χ1n) is 4.81. The van der Waals surface area contributed by atoms with Crippen molar-refractivity contribution in [3.8, 4) is 6.07 Å². The van der Waals surface area contributed by atoms with E-state index in [0.29, 0.717) is 6.54 Å². The molecule has 1 heterocycles. The van der Waals surface area contributed by atoms with Crippen molar-refractivity contribution in [1.29, 1.82) is 5.26 Å². The molecule has 84 valence electrons. The molecular weight excluding hydrogens is 288 g/mol. The molecule has 5 heteroatoms. The number of thiophene rings is 1. The second-order valence-corrected chi connectivity index (χ2v) is 4.95. The molecule has 0 saturated heterocycles. The smallest absolute Gasteiger partial charge is 0.261 e. The summed E-state index contributed by atoms with van der Waals surface area (Å²) in [5.41, 5.74) is 0.141. The Hall–Kier alpha value is -1.12. The van der Waals surface area contributed by atoms with Gasteiger partial charge in [0.15, 0.2) is 0 Å². The highest BCUT2D eigenvalue weighted by molar-refractivity contribution is 9.10. The molecule has 0 saturated carbocycles. The van der Waals surface area contributed by atoms with Crippen molar-refractivity contribution in [3.05, 3.63) is 26.4 Å². The Morgan fingerprint density at radius 2 is 2.50 bits per heavy atom. The summed E-state index contributed by atoms with van der Waals surface area (Å²) in [5.74, 6) is -0.311. The highest BCUT2D eigenvalue weighted by Crippen LogP contribution is 2.21. The number of nitrogens with one attached hydrogen (secondary N) is 1. The number of carbonyl (C=O) groups excluding carboxylic acids is 1. The van der Waals surface area contributed by atoms with Crippen LogP contribution in [0.5, 0.6) is 0 Å². The molecule has 0 aliphatic carbocycles. The van der Waals surface area contributed by atoms with Crippen LogP contribution in [0, 0.1) is 11.3 Å². The summed E-state index contributed by atoms with van der Waals surface area (Å²) in [6.45, 7) is 2.55. The Bertz CT molecular complexity index is 445. The van der Waals surface area contributed by atoms with E-state index in [9.17, 15) is 4.79 Å². The van der Waals surface area contributed by atoms with Gasteiger partial charge in [-0.15, -0.1) is 11.3 Å². The summed E-state index contributed by atoms with van der Waals surface area (Å²) in [5, 5.41) is 13.5. The van der Waals surface area contributed by atoms with Gasteiger partial charge in [0.2, 0.25) is 0 Å². The van der Waals surface area contributed by atoms with Gasteiger partial charge in [0.05, 0.1) is 0 Å². The molecule has 0 unspecified atom stereocenters. The van der Waals surface area contributed by atoms with Gasteiger partial charge in [-0.25, -0.2) is 0 Å². The summed E-state index contributed by atoms with van der Waals surface area (Å²) in [6, 6.07) is 3.78. The topological polar surface area (TPSA) is 52.9 Å². The van der Waals surface area contributed by atoms with Crippen molar-refractivity contribution < 1.29 is 4.79 Å². The van der Waals surface area contributed by atoms with Crippen molar-refractivity contribution in [2.24, 2.45) is 0 Å². The molecular formula is C11H11BrN2OS. The van der Waals surface area contributed by atoms with Crippen molar-refractivity contribution in [2.75, 3.05) is 6.54 Å². The zero-order valence-corrected chi connectivity index (χ0v) is 11.2. The molecule has 0 aromatic carbocycles. The number of nitriles is 1. The van der Waals surface area contributed by atoms with Crippen molar-refractivity contribution in [3.63, 3.8) is 0 Å². The third-order valence-electron chi connectivity index (χ3n) is 1.77. The lowest BCUT2D eigenvalue weighted by Gasteiger charge is -2.00. The Kier molecular flexibility index (Phi) is 5.23. The summed E-state index contributed by atoms with van der Waals surface area (Å²) in [7, 11) is 0. The fourth-order valence-electron chi connectivity index (χ4n) is 1.03. The second-order valence-electron chi connectivity index (χ2n) is 3.09. The van der Waals surface area contributed by atoms with Gasteiger partial charge >= 0.3 is 0 Å². The summed E-state index contributed by atoms with van der Waals surface area (Å²) in [6.07, 6.45) is 2.45. The van der Waals surface area contributed by atoms with Crippen LogP contribution >= 0.6 is 27.3 Å².